The number of halogens is 1. The molecule has 6 bridgehead atoms. The molecule has 9 aliphatic heterocycles. The lowest BCUT2D eigenvalue weighted by Crippen LogP contribution is -2.68. The Morgan fingerprint density at radius 1 is 0.400 bits per heavy atom. The Bertz CT molecular complexity index is 7230. The predicted molar refractivity (Wildman–Crippen MR) is 606 cm³/mol. The van der Waals surface area contributed by atoms with Crippen molar-refractivity contribution >= 4 is 166 Å². The molecule has 18 heterocycles. The number of phenols is 3. The molecule has 38 heteroatoms. The molecule has 28 nitrogen and oxygen atoms in total. The number of nitrogens with two attached hydrogens (primary N) is 1. The number of hydrogen-bond acceptors (Lipinski definition) is 28. The number of aryl methyl sites for hydroxylation is 1. The average molecular weight is 2260 g/mol. The Labute approximate surface area is 914 Å². The number of aromatic amines is 3. The van der Waals surface area contributed by atoms with Crippen molar-refractivity contribution in [3.8, 4) is 41.1 Å². The molecule has 0 spiro atoms. The lowest BCUT2D eigenvalue weighted by Gasteiger charge is -2.53. The molecule has 0 aliphatic carbocycles. The molecule has 6 atom stereocenters. The first kappa shape index (κ1) is 110. The third kappa shape index (κ3) is 25.3. The molecule has 9 fully saturated rings. The molecule has 0 unspecified atom stereocenters. The van der Waals surface area contributed by atoms with Gasteiger partial charge < -0.3 is 112 Å². The SMILES string of the molecule is C.NC#CC[N+]12CCC(CC1)[C@@H](NC(=O)C(O)(c1cccs1)c1cccs1)C2.O=C(N[C@H]1C[N+]2(CC#Cc3ccc(CCNC[C@H](O)c4ccc(O)c5[nH]c(=O)sc45)cc3)CCC1CC2)C(O)(c1cccs1)c1cccs1.O=C(N[C@H]1C[N+]2(CCCc3ccc(CCNC[C@H](O)c4ccc(O)c5[nH]c(=O)sc45)cc3)CCC1CC2)C(O)(c1cccs1)c1cccs1.O=c1[nH]c2c(O)ccc([C@@H](O)CNCCc3ccc(Br)cc3)c2s1. The summed E-state index contributed by atoms with van der Waals surface area (Å²) >= 11 is 14.8. The fraction of sp³-hybridized carbons (Fsp3) is 0.375. The summed E-state index contributed by atoms with van der Waals surface area (Å²) in [5, 5.41) is 128. The first-order chi connectivity index (χ1) is 72.1. The van der Waals surface area contributed by atoms with Crippen LogP contribution in [0.2, 0.25) is 0 Å². The normalized spacial score (nSPS) is 20.7. The number of phenolic OH excluding ortho intramolecular Hbond substituents is 3. The van der Waals surface area contributed by atoms with E-state index in [1.807, 2.05) is 129 Å². The van der Waals surface area contributed by atoms with Crippen LogP contribution in [0.15, 0.2) is 233 Å². The number of quaternary nitrogens is 3. The lowest BCUT2D eigenvalue weighted by molar-refractivity contribution is -0.944. The molecular formula is C112H127BrN13O15S9+3. The molecule has 0 radical (unpaired) electrons. The van der Waals surface area contributed by atoms with Crippen LogP contribution in [0, 0.1) is 41.6 Å². The highest BCUT2D eigenvalue weighted by atomic mass is 79.9. The largest absolute Gasteiger partial charge is 0.506 e. The van der Waals surface area contributed by atoms with Crippen molar-refractivity contribution in [2.45, 2.75) is 131 Å². The number of H-pyrrole nitrogens is 3. The second kappa shape index (κ2) is 49.6. The van der Waals surface area contributed by atoms with E-state index in [-0.39, 0.29) is 75.1 Å². The molecule has 3 amide bonds. The van der Waals surface area contributed by atoms with E-state index in [9.17, 15) is 74.7 Å². The molecular weight excluding hydrogens is 2140 g/mol. The van der Waals surface area contributed by atoms with Crippen molar-refractivity contribution in [2.24, 2.45) is 23.5 Å². The van der Waals surface area contributed by atoms with Gasteiger partial charge in [-0.2, -0.15) is 0 Å². The summed E-state index contributed by atoms with van der Waals surface area (Å²) in [7, 11) is 0. The predicted octanol–water partition coefficient (Wildman–Crippen LogP) is 14.4. The van der Waals surface area contributed by atoms with Crippen molar-refractivity contribution in [1.82, 2.24) is 46.9 Å². The first-order valence-electron chi connectivity index (χ1n) is 50.3. The summed E-state index contributed by atoms with van der Waals surface area (Å²) in [6.45, 7) is 14.9. The number of aliphatic hydroxyl groups excluding tert-OH is 3. The van der Waals surface area contributed by atoms with Crippen molar-refractivity contribution in [3.05, 3.63) is 322 Å². The second-order valence-electron chi connectivity index (χ2n) is 39.7. The summed E-state index contributed by atoms with van der Waals surface area (Å²) < 4.78 is 5.60. The highest BCUT2D eigenvalue weighted by Crippen LogP contribution is 2.45. The second-order valence-corrected chi connectivity index (χ2v) is 49.2. The summed E-state index contributed by atoms with van der Waals surface area (Å²) in [5.41, 5.74) is 9.30. The molecule has 9 aliphatic rings. The maximum Gasteiger partial charge on any atom is 0.305 e. The van der Waals surface area contributed by atoms with Gasteiger partial charge in [-0.15, -0.1) is 68.0 Å². The summed E-state index contributed by atoms with van der Waals surface area (Å²) in [6, 6.07) is 59.5. The number of hydrogen-bond donors (Lipinski definition) is 19. The highest BCUT2D eigenvalue weighted by Gasteiger charge is 2.54. The lowest BCUT2D eigenvalue weighted by atomic mass is 9.81. The van der Waals surface area contributed by atoms with E-state index >= 15 is 0 Å². The smallest absolute Gasteiger partial charge is 0.305 e. The topological polar surface area (TPSA) is 430 Å². The molecule has 788 valence electrons. The minimum Gasteiger partial charge on any atom is -0.506 e. The van der Waals surface area contributed by atoms with Crippen molar-refractivity contribution in [1.29, 1.82) is 0 Å². The van der Waals surface area contributed by atoms with Gasteiger partial charge in [-0.1, -0.05) is 166 Å². The number of carbonyl (C=O) groups excluding carboxylic acids is 3. The number of aromatic nitrogens is 3. The van der Waals surface area contributed by atoms with Gasteiger partial charge in [-0.25, -0.2) is 0 Å². The van der Waals surface area contributed by atoms with Gasteiger partial charge in [0.05, 0.1) is 132 Å². The standard InChI is InChI=1S/C37H42N4O5S3.C37H38N4O5S3.C20H23N3O2S2.C17H17BrN2O3S.CH4/c2*42-29-12-11-27(34-33(29)40-36(45)49-34)30(43)22-38-16-13-25-9-7-24(8-10-25)4-1-17-41-18-14-26(15-19-41)28(23-41)39-35(44)37(46,31-5-2-20-47-31)32-6-3-21-48-32;21-8-3-9-23-10-6-15(7-11-23)16(14-23)22-19(24)20(25,17-4-1-12-26-17)18-5-2-13-27-18;18-11-3-1-10(2-4-11)7-8-19-9-14(22)12-5-6-13(21)15-16(12)24-17(23)20-15;/h2-3,5-12,20-21,26,28,30,38,43,46H,1,4,13-19,22-23H2,(H2-,39,40,42,44,45);2-3,5-12,20-21,26,28,30,38,43,46H,13-19,22-23H2,(H2-,39,40,42,44,45);1-2,4-5,12-13,15-16,25H,6-7,9-11,14,21H2;1-6,14,19,21-22H,7-9H2,(H,20,23);1H4/p+3/t2*26?,28-,30-,41?;15?,16-,23?;14-;/m0000./s1. The maximum absolute atomic E-state index is 13.8. The van der Waals surface area contributed by atoms with Crippen LogP contribution in [-0.4, -0.2) is 228 Å². The summed E-state index contributed by atoms with van der Waals surface area (Å²) in [4.78, 5) is 86.9. The van der Waals surface area contributed by atoms with Gasteiger partial charge in [0.2, 0.25) is 16.8 Å². The minimum atomic E-state index is -1.68. The number of benzene rings is 6. The molecule has 20 N–H and O–H groups in total. The van der Waals surface area contributed by atoms with Gasteiger partial charge in [-0.05, 0) is 208 Å². The number of nitrogens with one attached hydrogen (secondary N) is 9. The van der Waals surface area contributed by atoms with Crippen LogP contribution in [-0.2, 0) is 56.9 Å². The van der Waals surface area contributed by atoms with E-state index < -0.39 is 35.1 Å². The molecule has 6 aromatic carbocycles. The number of amides is 3. The van der Waals surface area contributed by atoms with Crippen LogP contribution in [0.25, 0.3) is 30.6 Å². The van der Waals surface area contributed by atoms with E-state index in [0.717, 1.165) is 219 Å². The van der Waals surface area contributed by atoms with E-state index in [1.54, 1.807) is 18.2 Å². The fourth-order valence-electron chi connectivity index (χ4n) is 21.9. The van der Waals surface area contributed by atoms with Gasteiger partial charge in [0.1, 0.15) is 60.0 Å². The molecule has 15 aromatic rings. The van der Waals surface area contributed by atoms with Crippen molar-refractivity contribution < 1.29 is 73.8 Å². The number of aromatic hydroxyl groups is 3. The van der Waals surface area contributed by atoms with E-state index in [4.69, 9.17) is 5.73 Å². The van der Waals surface area contributed by atoms with Gasteiger partial charge in [0.15, 0.2) is 0 Å². The van der Waals surface area contributed by atoms with Crippen molar-refractivity contribution in [3.63, 3.8) is 0 Å². The average Bonchev–Trinajstić information content (AvgIpc) is 1.04. The van der Waals surface area contributed by atoms with E-state index in [0.29, 0.717) is 127 Å². The fourth-order valence-corrected chi connectivity index (χ4v) is 30.2. The van der Waals surface area contributed by atoms with Gasteiger partial charge in [-0.3, -0.25) is 28.8 Å². The number of thiophene rings is 6. The number of piperidine rings is 9. The van der Waals surface area contributed by atoms with Crippen LogP contribution < -0.4 is 52.3 Å². The molecule has 9 saturated heterocycles. The van der Waals surface area contributed by atoms with Crippen LogP contribution in [0.4, 0.5) is 0 Å². The van der Waals surface area contributed by atoms with E-state index in [2.05, 4.69) is 135 Å². The number of fused-ring (bicyclic) bond motifs is 12. The Morgan fingerprint density at radius 3 is 0.993 bits per heavy atom. The molecule has 9 aromatic heterocycles. The van der Waals surface area contributed by atoms with Gasteiger partial charge in [0.25, 0.3) is 17.7 Å². The molecule has 0 saturated carbocycles. The number of carbonyl (C=O) groups is 3. The molecule has 24 rings (SSSR count). The van der Waals surface area contributed by atoms with Crippen LogP contribution in [0.3, 0.4) is 0 Å². The maximum atomic E-state index is 13.8. The Hall–Kier alpha value is -10.7. The number of aliphatic hydroxyl groups is 6. The highest BCUT2D eigenvalue weighted by molar-refractivity contribution is 9.10. The number of rotatable bonds is 36. The zero-order chi connectivity index (χ0) is 104. The molecule has 150 heavy (non-hydrogen) atoms. The quantitative estimate of drug-likeness (QED) is 0.00750. The Kier molecular flexibility index (Phi) is 36.5. The number of nitrogens with zero attached hydrogens (tertiary/aromatic N) is 3. The first-order valence-corrected chi connectivity index (χ1v) is 58.8. The zero-order valence-electron chi connectivity index (χ0n) is 81.9. The van der Waals surface area contributed by atoms with Gasteiger partial charge >= 0.3 is 14.6 Å². The summed E-state index contributed by atoms with van der Waals surface area (Å²) in [6.07, 6.45) is 8.66. The van der Waals surface area contributed by atoms with E-state index in [1.165, 1.54) is 103 Å². The summed E-state index contributed by atoms with van der Waals surface area (Å²) in [5.74, 6) is 10.2. The number of thiazole rings is 3. The Morgan fingerprint density at radius 2 is 0.687 bits per heavy atom. The minimum absolute atomic E-state index is 0. The van der Waals surface area contributed by atoms with Crippen molar-refractivity contribution in [2.75, 3.05) is 118 Å². The monoisotopic (exact) mass is 2260 g/mol. The Balaban J connectivity index is 0.000000142. The van der Waals surface area contributed by atoms with Crippen LogP contribution in [0.1, 0.15) is 144 Å². The zero-order valence-corrected chi connectivity index (χ0v) is 90.9. The van der Waals surface area contributed by atoms with Gasteiger partial charge in [0, 0.05) is 97.4 Å². The third-order valence-electron chi connectivity index (χ3n) is 30.3. The van der Waals surface area contributed by atoms with Crippen LogP contribution >= 0.6 is 118 Å². The van der Waals surface area contributed by atoms with Crippen LogP contribution in [0.5, 0.6) is 17.2 Å². The third-order valence-corrected chi connectivity index (χ3v) is 39.5.